The lowest BCUT2D eigenvalue weighted by Crippen LogP contribution is -2.49. The van der Waals surface area contributed by atoms with Gasteiger partial charge in [0.05, 0.1) is 0 Å². The molecule has 0 aromatic heterocycles. The number of aliphatic carboxylic acids is 1. The number of likely N-dealkylation sites (N-methyl/N-ethyl adjacent to an activating group) is 1. The van der Waals surface area contributed by atoms with Crippen LogP contribution in [0.1, 0.15) is 37.5 Å². The normalized spacial score (nSPS) is 11.9. The molecule has 3 nitrogen and oxygen atoms in total. The van der Waals surface area contributed by atoms with Crippen molar-refractivity contribution in [3.63, 3.8) is 0 Å². The molecule has 1 aromatic rings. The molecule has 0 saturated heterocycles. The van der Waals surface area contributed by atoms with E-state index < -0.39 is 11.5 Å². The minimum atomic E-state index is -0.840. The van der Waals surface area contributed by atoms with E-state index in [1.54, 1.807) is 13.8 Å². The summed E-state index contributed by atoms with van der Waals surface area (Å²) in [6.07, 6.45) is 0. The Morgan fingerprint density at radius 3 is 2.33 bits per heavy atom. The number of carbonyl (C=O) groups is 1. The first kappa shape index (κ1) is 14.7. The molecule has 100 valence electrons. The summed E-state index contributed by atoms with van der Waals surface area (Å²) in [5, 5.41) is 9.28. The van der Waals surface area contributed by atoms with Crippen molar-refractivity contribution in [3.05, 3.63) is 34.9 Å². The maximum absolute atomic E-state index is 11.3. The van der Waals surface area contributed by atoms with Gasteiger partial charge in [-0.25, -0.2) is 0 Å². The van der Waals surface area contributed by atoms with E-state index in [9.17, 15) is 9.90 Å². The molecule has 0 spiro atoms. The second kappa shape index (κ2) is 5.53. The molecule has 1 rings (SSSR count). The van der Waals surface area contributed by atoms with Crippen molar-refractivity contribution in [2.24, 2.45) is 0 Å². The number of benzene rings is 1. The Kier molecular flexibility index (Phi) is 4.52. The summed E-state index contributed by atoms with van der Waals surface area (Å²) in [5.74, 6) is -0.784. The van der Waals surface area contributed by atoms with Crippen LogP contribution in [0, 0.1) is 13.8 Å². The van der Waals surface area contributed by atoms with E-state index in [0.717, 1.165) is 5.56 Å². The first-order valence-corrected chi connectivity index (χ1v) is 6.33. The van der Waals surface area contributed by atoms with Crippen LogP contribution in [0.5, 0.6) is 0 Å². The number of aryl methyl sites for hydroxylation is 2. The molecule has 18 heavy (non-hydrogen) atoms. The fourth-order valence-electron chi connectivity index (χ4n) is 1.96. The summed E-state index contributed by atoms with van der Waals surface area (Å²) < 4.78 is 0. The highest BCUT2D eigenvalue weighted by molar-refractivity contribution is 5.77. The first-order valence-electron chi connectivity index (χ1n) is 6.33. The highest BCUT2D eigenvalue weighted by Gasteiger charge is 2.33. The van der Waals surface area contributed by atoms with E-state index in [1.165, 1.54) is 11.1 Å². The van der Waals surface area contributed by atoms with Crippen LogP contribution in [0.25, 0.3) is 0 Å². The maximum Gasteiger partial charge on any atom is 0.323 e. The van der Waals surface area contributed by atoms with Gasteiger partial charge in [-0.3, -0.25) is 9.69 Å². The first-order chi connectivity index (χ1) is 8.28. The Morgan fingerprint density at radius 1 is 1.28 bits per heavy atom. The lowest BCUT2D eigenvalue weighted by atomic mass is 10.0. The van der Waals surface area contributed by atoms with Crippen molar-refractivity contribution >= 4 is 5.97 Å². The van der Waals surface area contributed by atoms with Gasteiger partial charge in [-0.15, -0.1) is 0 Å². The number of hydrogen-bond acceptors (Lipinski definition) is 2. The molecule has 0 atom stereocenters. The fourth-order valence-corrected chi connectivity index (χ4v) is 1.96. The van der Waals surface area contributed by atoms with E-state index >= 15 is 0 Å². The molecule has 0 radical (unpaired) electrons. The molecule has 0 fully saturated rings. The van der Waals surface area contributed by atoms with E-state index in [0.29, 0.717) is 13.1 Å². The van der Waals surface area contributed by atoms with Crippen LogP contribution < -0.4 is 0 Å². The third-order valence-electron chi connectivity index (χ3n) is 3.64. The van der Waals surface area contributed by atoms with E-state index in [4.69, 9.17) is 0 Å². The minimum absolute atomic E-state index is 0.664. The Balaban J connectivity index is 2.93. The monoisotopic (exact) mass is 249 g/mol. The average molecular weight is 249 g/mol. The SMILES string of the molecule is CCN(Cc1ccc(C)c(C)c1)C(C)(C)C(=O)O. The summed E-state index contributed by atoms with van der Waals surface area (Å²) in [5.41, 5.74) is 2.83. The molecule has 1 N–H and O–H groups in total. The van der Waals surface area contributed by atoms with Crippen LogP contribution in [0.15, 0.2) is 18.2 Å². The van der Waals surface area contributed by atoms with Crippen molar-refractivity contribution in [3.8, 4) is 0 Å². The van der Waals surface area contributed by atoms with Gasteiger partial charge >= 0.3 is 5.97 Å². The smallest absolute Gasteiger partial charge is 0.323 e. The van der Waals surface area contributed by atoms with Gasteiger partial charge in [-0.2, -0.15) is 0 Å². The highest BCUT2D eigenvalue weighted by Crippen LogP contribution is 2.19. The average Bonchev–Trinajstić information content (AvgIpc) is 2.30. The van der Waals surface area contributed by atoms with Crippen LogP contribution in [-0.4, -0.2) is 28.1 Å². The topological polar surface area (TPSA) is 40.5 Å². The molecule has 0 bridgehead atoms. The van der Waals surface area contributed by atoms with Crippen LogP contribution in [0.3, 0.4) is 0 Å². The lowest BCUT2D eigenvalue weighted by molar-refractivity contribution is -0.149. The summed E-state index contributed by atoms with van der Waals surface area (Å²) in [4.78, 5) is 13.3. The van der Waals surface area contributed by atoms with Gasteiger partial charge in [0.2, 0.25) is 0 Å². The molecule has 0 saturated carbocycles. The molecular formula is C15H23NO2. The van der Waals surface area contributed by atoms with Crippen molar-refractivity contribution in [1.29, 1.82) is 0 Å². The predicted molar refractivity (Wildman–Crippen MR) is 73.7 cm³/mol. The highest BCUT2D eigenvalue weighted by atomic mass is 16.4. The summed E-state index contributed by atoms with van der Waals surface area (Å²) >= 11 is 0. The van der Waals surface area contributed by atoms with Crippen LogP contribution in [-0.2, 0) is 11.3 Å². The van der Waals surface area contributed by atoms with E-state index in [2.05, 4.69) is 32.0 Å². The van der Waals surface area contributed by atoms with Gasteiger partial charge in [0.25, 0.3) is 0 Å². The van der Waals surface area contributed by atoms with E-state index in [1.807, 2.05) is 11.8 Å². The van der Waals surface area contributed by atoms with Gasteiger partial charge in [-0.1, -0.05) is 25.1 Å². The lowest BCUT2D eigenvalue weighted by Gasteiger charge is -2.34. The molecule has 0 aliphatic heterocycles. The third kappa shape index (κ3) is 3.10. The third-order valence-corrected chi connectivity index (χ3v) is 3.64. The molecule has 0 amide bonds. The second-order valence-electron chi connectivity index (χ2n) is 5.30. The molecule has 0 unspecified atom stereocenters. The second-order valence-corrected chi connectivity index (χ2v) is 5.30. The molecule has 0 aliphatic rings. The molecule has 0 heterocycles. The number of carboxylic acid groups (broad SMARTS) is 1. The number of nitrogens with zero attached hydrogens (tertiary/aromatic N) is 1. The van der Waals surface area contributed by atoms with Gasteiger partial charge in [-0.05, 0) is 50.9 Å². The Hall–Kier alpha value is -1.35. The quantitative estimate of drug-likeness (QED) is 0.872. The molecule has 3 heteroatoms. The fraction of sp³-hybridized carbons (Fsp3) is 0.533. The van der Waals surface area contributed by atoms with Crippen molar-refractivity contribution in [1.82, 2.24) is 4.90 Å². The Bertz CT molecular complexity index is 438. The molecule has 1 aromatic carbocycles. The van der Waals surface area contributed by atoms with Crippen molar-refractivity contribution in [2.45, 2.75) is 46.7 Å². The summed E-state index contributed by atoms with van der Waals surface area (Å²) in [6.45, 7) is 11.0. The molecule has 0 aliphatic carbocycles. The van der Waals surface area contributed by atoms with Crippen LogP contribution in [0.4, 0.5) is 0 Å². The largest absolute Gasteiger partial charge is 0.480 e. The summed E-state index contributed by atoms with van der Waals surface area (Å²) in [7, 11) is 0. The van der Waals surface area contributed by atoms with Crippen LogP contribution >= 0.6 is 0 Å². The van der Waals surface area contributed by atoms with Gasteiger partial charge in [0.1, 0.15) is 5.54 Å². The van der Waals surface area contributed by atoms with Crippen molar-refractivity contribution < 1.29 is 9.90 Å². The Morgan fingerprint density at radius 2 is 1.89 bits per heavy atom. The van der Waals surface area contributed by atoms with Gasteiger partial charge < -0.3 is 5.11 Å². The van der Waals surface area contributed by atoms with Crippen LogP contribution in [0.2, 0.25) is 0 Å². The summed E-state index contributed by atoms with van der Waals surface area (Å²) in [6, 6.07) is 6.30. The maximum atomic E-state index is 11.3. The minimum Gasteiger partial charge on any atom is -0.480 e. The zero-order chi connectivity index (χ0) is 13.9. The predicted octanol–water partition coefficient (Wildman–Crippen LogP) is 2.99. The Labute approximate surface area is 109 Å². The van der Waals surface area contributed by atoms with Crippen molar-refractivity contribution in [2.75, 3.05) is 6.54 Å². The van der Waals surface area contributed by atoms with Gasteiger partial charge in [0, 0.05) is 6.54 Å². The number of hydrogen-bond donors (Lipinski definition) is 1. The number of rotatable bonds is 5. The zero-order valence-electron chi connectivity index (χ0n) is 11.9. The molecular weight excluding hydrogens is 226 g/mol. The number of carboxylic acids is 1. The standard InChI is InChI=1S/C15H23NO2/c1-6-16(15(4,5)14(17)18)10-13-8-7-11(2)12(3)9-13/h7-9H,6,10H2,1-5H3,(H,17,18). The van der Waals surface area contributed by atoms with E-state index in [-0.39, 0.29) is 0 Å². The zero-order valence-corrected chi connectivity index (χ0v) is 11.9. The van der Waals surface area contributed by atoms with Gasteiger partial charge in [0.15, 0.2) is 0 Å².